The van der Waals surface area contributed by atoms with Gasteiger partial charge in [0.25, 0.3) is 0 Å². The zero-order valence-corrected chi connectivity index (χ0v) is 10.8. The van der Waals surface area contributed by atoms with E-state index in [-0.39, 0.29) is 12.0 Å². The Balaban J connectivity index is 2.17. The van der Waals surface area contributed by atoms with E-state index >= 15 is 0 Å². The zero-order valence-electron chi connectivity index (χ0n) is 10.8. The van der Waals surface area contributed by atoms with Gasteiger partial charge in [-0.15, -0.1) is 0 Å². The Morgan fingerprint density at radius 2 is 2.44 bits per heavy atom. The maximum absolute atomic E-state index is 11.9. The molecule has 0 aromatic carbocycles. The van der Waals surface area contributed by atoms with Crippen LogP contribution in [0.15, 0.2) is 18.3 Å². The minimum absolute atomic E-state index is 0.147. The van der Waals surface area contributed by atoms with Crippen LogP contribution in [-0.4, -0.2) is 37.3 Å². The predicted octanol–water partition coefficient (Wildman–Crippen LogP) is 1.62. The van der Waals surface area contributed by atoms with E-state index in [0.717, 1.165) is 25.1 Å². The average Bonchev–Trinajstić information content (AvgIpc) is 2.88. The Labute approximate surface area is 107 Å². The zero-order chi connectivity index (χ0) is 13.0. The number of anilines is 1. The van der Waals surface area contributed by atoms with Crippen molar-refractivity contribution >= 4 is 11.7 Å². The lowest BCUT2D eigenvalue weighted by atomic mass is 10.2. The second-order valence-corrected chi connectivity index (χ2v) is 4.16. The van der Waals surface area contributed by atoms with Crippen molar-refractivity contribution in [3.05, 3.63) is 18.3 Å². The van der Waals surface area contributed by atoms with Crippen LogP contribution in [0.2, 0.25) is 0 Å². The van der Waals surface area contributed by atoms with Crippen molar-refractivity contribution < 1.29 is 14.3 Å². The highest BCUT2D eigenvalue weighted by molar-refractivity contribution is 5.80. The van der Waals surface area contributed by atoms with E-state index in [1.54, 1.807) is 13.3 Å². The fourth-order valence-electron chi connectivity index (χ4n) is 2.25. The smallest absolute Gasteiger partial charge is 0.328 e. The first-order valence-corrected chi connectivity index (χ1v) is 6.19. The standard InChI is InChI=1S/C13H18N2O3/c1-3-18-13(16)11-5-4-8-15(11)10-6-7-14-12(9-10)17-2/h6-7,9,11H,3-5,8H2,1-2H3. The Bertz CT molecular complexity index is 422. The summed E-state index contributed by atoms with van der Waals surface area (Å²) in [5, 5.41) is 0. The lowest BCUT2D eigenvalue weighted by molar-refractivity contribution is -0.144. The van der Waals surface area contributed by atoms with Crippen molar-refractivity contribution in [2.45, 2.75) is 25.8 Å². The number of nitrogens with zero attached hydrogens (tertiary/aromatic N) is 2. The van der Waals surface area contributed by atoms with Gasteiger partial charge in [0, 0.05) is 24.5 Å². The first-order chi connectivity index (χ1) is 8.76. The number of pyridine rings is 1. The minimum Gasteiger partial charge on any atom is -0.481 e. The highest BCUT2D eigenvalue weighted by atomic mass is 16.5. The van der Waals surface area contributed by atoms with Gasteiger partial charge in [0.1, 0.15) is 6.04 Å². The molecule has 1 aromatic heterocycles. The van der Waals surface area contributed by atoms with Crippen LogP contribution in [0.1, 0.15) is 19.8 Å². The van der Waals surface area contributed by atoms with Crippen LogP contribution in [0.3, 0.4) is 0 Å². The number of esters is 1. The highest BCUT2D eigenvalue weighted by Crippen LogP contribution is 2.27. The summed E-state index contributed by atoms with van der Waals surface area (Å²) in [5.74, 6) is 0.410. The van der Waals surface area contributed by atoms with Gasteiger partial charge in [-0.1, -0.05) is 0 Å². The molecule has 1 aliphatic heterocycles. The molecule has 0 saturated carbocycles. The van der Waals surface area contributed by atoms with Crippen LogP contribution in [0, 0.1) is 0 Å². The van der Waals surface area contributed by atoms with E-state index in [1.807, 2.05) is 19.1 Å². The summed E-state index contributed by atoms with van der Waals surface area (Å²) in [6, 6.07) is 3.55. The van der Waals surface area contributed by atoms with Gasteiger partial charge in [0.15, 0.2) is 0 Å². The van der Waals surface area contributed by atoms with Gasteiger partial charge in [-0.3, -0.25) is 0 Å². The molecule has 1 unspecified atom stereocenters. The second kappa shape index (κ2) is 5.71. The molecule has 1 aromatic rings. The molecule has 2 rings (SSSR count). The molecule has 1 saturated heterocycles. The van der Waals surface area contributed by atoms with E-state index in [2.05, 4.69) is 9.88 Å². The molecule has 1 fully saturated rings. The molecule has 1 aliphatic rings. The maximum Gasteiger partial charge on any atom is 0.328 e. The Morgan fingerprint density at radius 1 is 1.61 bits per heavy atom. The van der Waals surface area contributed by atoms with E-state index in [0.29, 0.717) is 12.5 Å². The lowest BCUT2D eigenvalue weighted by Gasteiger charge is -2.25. The SMILES string of the molecule is CCOC(=O)C1CCCN1c1ccnc(OC)c1. The van der Waals surface area contributed by atoms with Crippen molar-refractivity contribution in [3.8, 4) is 5.88 Å². The average molecular weight is 250 g/mol. The van der Waals surface area contributed by atoms with Crippen molar-refractivity contribution in [3.63, 3.8) is 0 Å². The van der Waals surface area contributed by atoms with Crippen LogP contribution in [-0.2, 0) is 9.53 Å². The van der Waals surface area contributed by atoms with Gasteiger partial charge >= 0.3 is 5.97 Å². The lowest BCUT2D eigenvalue weighted by Crippen LogP contribution is -2.37. The summed E-state index contributed by atoms with van der Waals surface area (Å²) < 4.78 is 10.2. The van der Waals surface area contributed by atoms with Crippen LogP contribution >= 0.6 is 0 Å². The van der Waals surface area contributed by atoms with Crippen molar-refractivity contribution in [2.24, 2.45) is 0 Å². The fourth-order valence-corrected chi connectivity index (χ4v) is 2.25. The third-order valence-electron chi connectivity index (χ3n) is 3.07. The largest absolute Gasteiger partial charge is 0.481 e. The minimum atomic E-state index is -0.183. The van der Waals surface area contributed by atoms with Gasteiger partial charge < -0.3 is 14.4 Å². The molecule has 5 heteroatoms. The van der Waals surface area contributed by atoms with Crippen molar-refractivity contribution in [1.29, 1.82) is 0 Å². The van der Waals surface area contributed by atoms with Gasteiger partial charge in [-0.2, -0.15) is 0 Å². The number of hydrogen-bond acceptors (Lipinski definition) is 5. The summed E-state index contributed by atoms with van der Waals surface area (Å²) in [5.41, 5.74) is 0.956. The molecule has 18 heavy (non-hydrogen) atoms. The summed E-state index contributed by atoms with van der Waals surface area (Å²) in [6.45, 7) is 3.10. The molecule has 0 amide bonds. The molecule has 0 radical (unpaired) electrons. The Morgan fingerprint density at radius 3 is 3.17 bits per heavy atom. The third kappa shape index (κ3) is 2.55. The molecular formula is C13H18N2O3. The van der Waals surface area contributed by atoms with Gasteiger partial charge in [0.05, 0.1) is 13.7 Å². The van der Waals surface area contributed by atoms with Crippen LogP contribution < -0.4 is 9.64 Å². The molecule has 0 aliphatic carbocycles. The van der Waals surface area contributed by atoms with Gasteiger partial charge in [0.2, 0.25) is 5.88 Å². The number of methoxy groups -OCH3 is 1. The summed E-state index contributed by atoms with van der Waals surface area (Å²) in [7, 11) is 1.58. The van der Waals surface area contributed by atoms with Crippen LogP contribution in [0.5, 0.6) is 5.88 Å². The number of ether oxygens (including phenoxy) is 2. The van der Waals surface area contributed by atoms with Gasteiger partial charge in [-0.05, 0) is 25.8 Å². The van der Waals surface area contributed by atoms with Crippen LogP contribution in [0.4, 0.5) is 5.69 Å². The third-order valence-corrected chi connectivity index (χ3v) is 3.07. The number of aromatic nitrogens is 1. The molecular weight excluding hydrogens is 232 g/mol. The predicted molar refractivity (Wildman–Crippen MR) is 67.8 cm³/mol. The first kappa shape index (κ1) is 12.7. The van der Waals surface area contributed by atoms with E-state index in [4.69, 9.17) is 9.47 Å². The molecule has 0 bridgehead atoms. The first-order valence-electron chi connectivity index (χ1n) is 6.19. The number of carbonyl (C=O) groups excluding carboxylic acids is 1. The summed E-state index contributed by atoms with van der Waals surface area (Å²) in [4.78, 5) is 18.0. The fraction of sp³-hybridized carbons (Fsp3) is 0.538. The van der Waals surface area contributed by atoms with E-state index < -0.39 is 0 Å². The van der Waals surface area contributed by atoms with E-state index in [9.17, 15) is 4.79 Å². The monoisotopic (exact) mass is 250 g/mol. The second-order valence-electron chi connectivity index (χ2n) is 4.16. The highest BCUT2D eigenvalue weighted by Gasteiger charge is 2.32. The van der Waals surface area contributed by atoms with Crippen molar-refractivity contribution in [1.82, 2.24) is 4.98 Å². The Hall–Kier alpha value is -1.78. The number of hydrogen-bond donors (Lipinski definition) is 0. The van der Waals surface area contributed by atoms with E-state index in [1.165, 1.54) is 0 Å². The topological polar surface area (TPSA) is 51.7 Å². The molecule has 0 N–H and O–H groups in total. The molecule has 0 spiro atoms. The molecule has 2 heterocycles. The number of rotatable bonds is 4. The summed E-state index contributed by atoms with van der Waals surface area (Å²) in [6.07, 6.45) is 3.52. The maximum atomic E-state index is 11.9. The van der Waals surface area contributed by atoms with Crippen LogP contribution in [0.25, 0.3) is 0 Å². The van der Waals surface area contributed by atoms with Gasteiger partial charge in [-0.25, -0.2) is 9.78 Å². The Kier molecular flexibility index (Phi) is 4.02. The molecule has 5 nitrogen and oxygen atoms in total. The normalized spacial score (nSPS) is 18.8. The number of carbonyl (C=O) groups is 1. The summed E-state index contributed by atoms with van der Waals surface area (Å²) >= 11 is 0. The van der Waals surface area contributed by atoms with Crippen molar-refractivity contribution in [2.75, 3.05) is 25.2 Å². The molecule has 1 atom stereocenters. The molecule has 98 valence electrons. The quantitative estimate of drug-likeness (QED) is 0.760.